The minimum Gasteiger partial charge on any atom is -0.481 e. The molecule has 2 aromatic heterocycles. The van der Waals surface area contributed by atoms with Gasteiger partial charge in [-0.3, -0.25) is 4.79 Å². The van der Waals surface area contributed by atoms with Crippen molar-refractivity contribution in [1.29, 1.82) is 0 Å². The summed E-state index contributed by atoms with van der Waals surface area (Å²) in [5, 5.41) is 17.4. The van der Waals surface area contributed by atoms with Crippen LogP contribution in [0.4, 0.5) is 5.13 Å². The fourth-order valence-electron chi connectivity index (χ4n) is 1.43. The summed E-state index contributed by atoms with van der Waals surface area (Å²) in [6.07, 6.45) is 1.77. The standard InChI is InChI=1S/C11H13N3O2S2/c1-7(10-12-2-3-17-10)5-13-11-14-8(6-18-11)4-9(15)16/h2-3,6-7H,4-5H2,1H3,(H,13,14)(H,15,16). The van der Waals surface area contributed by atoms with E-state index in [-0.39, 0.29) is 6.42 Å². The van der Waals surface area contributed by atoms with Crippen LogP contribution in [0.2, 0.25) is 0 Å². The maximum absolute atomic E-state index is 10.5. The lowest BCUT2D eigenvalue weighted by Crippen LogP contribution is -2.09. The molecule has 18 heavy (non-hydrogen) atoms. The normalized spacial score (nSPS) is 12.3. The molecule has 0 spiro atoms. The number of aliphatic carboxylic acids is 1. The van der Waals surface area contributed by atoms with Gasteiger partial charge in [-0.1, -0.05) is 6.92 Å². The van der Waals surface area contributed by atoms with Crippen LogP contribution in [0, 0.1) is 0 Å². The molecule has 0 amide bonds. The molecular formula is C11H13N3O2S2. The first-order valence-electron chi connectivity index (χ1n) is 5.44. The summed E-state index contributed by atoms with van der Waals surface area (Å²) < 4.78 is 0. The van der Waals surface area contributed by atoms with Crippen molar-refractivity contribution in [3.05, 3.63) is 27.7 Å². The van der Waals surface area contributed by atoms with Gasteiger partial charge in [-0.15, -0.1) is 22.7 Å². The molecule has 0 aromatic carbocycles. The van der Waals surface area contributed by atoms with Gasteiger partial charge >= 0.3 is 5.97 Å². The summed E-state index contributed by atoms with van der Waals surface area (Å²) >= 11 is 3.06. The third-order valence-electron chi connectivity index (χ3n) is 2.32. The topological polar surface area (TPSA) is 75.1 Å². The van der Waals surface area contributed by atoms with Crippen molar-refractivity contribution < 1.29 is 9.90 Å². The molecular weight excluding hydrogens is 270 g/mol. The van der Waals surface area contributed by atoms with Gasteiger partial charge in [0.1, 0.15) is 0 Å². The van der Waals surface area contributed by atoms with Crippen molar-refractivity contribution in [3.63, 3.8) is 0 Å². The van der Waals surface area contributed by atoms with Crippen LogP contribution in [-0.4, -0.2) is 27.6 Å². The summed E-state index contributed by atoms with van der Waals surface area (Å²) in [6, 6.07) is 0. The summed E-state index contributed by atoms with van der Waals surface area (Å²) in [4.78, 5) is 19.0. The molecule has 0 bridgehead atoms. The Kier molecular flexibility index (Phi) is 4.27. The molecule has 0 radical (unpaired) electrons. The van der Waals surface area contributed by atoms with Crippen LogP contribution in [-0.2, 0) is 11.2 Å². The number of anilines is 1. The van der Waals surface area contributed by atoms with Crippen molar-refractivity contribution in [2.24, 2.45) is 0 Å². The van der Waals surface area contributed by atoms with Crippen LogP contribution < -0.4 is 5.32 Å². The van der Waals surface area contributed by atoms with Gasteiger partial charge in [-0.05, 0) is 0 Å². The number of nitrogens with one attached hydrogen (secondary N) is 1. The highest BCUT2D eigenvalue weighted by atomic mass is 32.1. The van der Waals surface area contributed by atoms with E-state index in [1.54, 1.807) is 22.9 Å². The zero-order chi connectivity index (χ0) is 13.0. The summed E-state index contributed by atoms with van der Waals surface area (Å²) in [5.74, 6) is -0.542. The zero-order valence-corrected chi connectivity index (χ0v) is 11.4. The van der Waals surface area contributed by atoms with Crippen LogP contribution in [0.5, 0.6) is 0 Å². The van der Waals surface area contributed by atoms with E-state index in [4.69, 9.17) is 5.11 Å². The smallest absolute Gasteiger partial charge is 0.309 e. The van der Waals surface area contributed by atoms with E-state index in [1.165, 1.54) is 11.3 Å². The summed E-state index contributed by atoms with van der Waals surface area (Å²) in [7, 11) is 0. The molecule has 96 valence electrons. The van der Waals surface area contributed by atoms with Gasteiger partial charge in [0.15, 0.2) is 5.13 Å². The first-order chi connectivity index (χ1) is 8.65. The van der Waals surface area contributed by atoms with Gasteiger partial charge in [-0.2, -0.15) is 0 Å². The predicted molar refractivity (Wildman–Crippen MR) is 72.5 cm³/mol. The lowest BCUT2D eigenvalue weighted by molar-refractivity contribution is -0.136. The third kappa shape index (κ3) is 3.51. The van der Waals surface area contributed by atoms with Crippen molar-refractivity contribution >= 4 is 33.8 Å². The van der Waals surface area contributed by atoms with E-state index in [2.05, 4.69) is 22.2 Å². The van der Waals surface area contributed by atoms with Crippen molar-refractivity contribution in [2.75, 3.05) is 11.9 Å². The summed E-state index contributed by atoms with van der Waals surface area (Å²) in [5.41, 5.74) is 0.594. The number of carboxylic acids is 1. The Morgan fingerprint density at radius 3 is 3.06 bits per heavy atom. The molecule has 0 saturated carbocycles. The molecule has 2 aromatic rings. The molecule has 2 N–H and O–H groups in total. The predicted octanol–water partition coefficient (Wildman–Crippen LogP) is 2.44. The number of rotatable bonds is 6. The first kappa shape index (κ1) is 13.0. The Morgan fingerprint density at radius 2 is 2.39 bits per heavy atom. The maximum Gasteiger partial charge on any atom is 0.309 e. The Morgan fingerprint density at radius 1 is 1.56 bits per heavy atom. The molecule has 1 unspecified atom stereocenters. The van der Waals surface area contributed by atoms with Crippen LogP contribution >= 0.6 is 22.7 Å². The lowest BCUT2D eigenvalue weighted by Gasteiger charge is -2.08. The van der Waals surface area contributed by atoms with Gasteiger partial charge in [-0.25, -0.2) is 9.97 Å². The highest BCUT2D eigenvalue weighted by Gasteiger charge is 2.10. The Balaban J connectivity index is 1.86. The first-order valence-corrected chi connectivity index (χ1v) is 7.20. The van der Waals surface area contributed by atoms with Gasteiger partial charge in [0.05, 0.1) is 17.1 Å². The molecule has 1 atom stereocenters. The molecule has 2 rings (SSSR count). The van der Waals surface area contributed by atoms with Gasteiger partial charge in [0.2, 0.25) is 0 Å². The fraction of sp³-hybridized carbons (Fsp3) is 0.364. The quantitative estimate of drug-likeness (QED) is 0.851. The summed E-state index contributed by atoms with van der Waals surface area (Å²) in [6.45, 7) is 2.84. The average Bonchev–Trinajstić information content (AvgIpc) is 2.95. The SMILES string of the molecule is CC(CNc1nc(CC(=O)O)cs1)c1nccs1. The molecule has 2 heterocycles. The van der Waals surface area contributed by atoms with Gasteiger partial charge < -0.3 is 10.4 Å². The van der Waals surface area contributed by atoms with Crippen LogP contribution in [0.15, 0.2) is 17.0 Å². The van der Waals surface area contributed by atoms with E-state index in [0.717, 1.165) is 16.7 Å². The Labute approximate surface area is 113 Å². The monoisotopic (exact) mass is 283 g/mol. The van der Waals surface area contributed by atoms with Crippen molar-refractivity contribution in [2.45, 2.75) is 19.3 Å². The number of carboxylic acid groups (broad SMARTS) is 1. The third-order valence-corrected chi connectivity index (χ3v) is 4.17. The highest BCUT2D eigenvalue weighted by molar-refractivity contribution is 7.13. The minimum atomic E-state index is -0.858. The molecule has 5 nitrogen and oxygen atoms in total. The number of hydrogen-bond donors (Lipinski definition) is 2. The highest BCUT2D eigenvalue weighted by Crippen LogP contribution is 2.20. The number of carbonyl (C=O) groups is 1. The molecule has 0 aliphatic heterocycles. The van der Waals surface area contributed by atoms with Crippen LogP contribution in [0.1, 0.15) is 23.5 Å². The molecule has 0 aliphatic carbocycles. The number of aromatic nitrogens is 2. The number of thiazole rings is 2. The molecule has 7 heteroatoms. The van der Waals surface area contributed by atoms with E-state index in [9.17, 15) is 4.79 Å². The Hall–Kier alpha value is -1.47. The van der Waals surface area contributed by atoms with Gasteiger partial charge in [0, 0.05) is 29.4 Å². The van der Waals surface area contributed by atoms with Crippen molar-refractivity contribution in [1.82, 2.24) is 9.97 Å². The largest absolute Gasteiger partial charge is 0.481 e. The van der Waals surface area contributed by atoms with E-state index in [1.807, 2.05) is 5.38 Å². The van der Waals surface area contributed by atoms with Crippen LogP contribution in [0.25, 0.3) is 0 Å². The second-order valence-electron chi connectivity index (χ2n) is 3.87. The van der Waals surface area contributed by atoms with E-state index >= 15 is 0 Å². The van der Waals surface area contributed by atoms with Gasteiger partial charge in [0.25, 0.3) is 0 Å². The fourth-order valence-corrected chi connectivity index (χ4v) is 2.85. The van der Waals surface area contributed by atoms with Crippen molar-refractivity contribution in [3.8, 4) is 0 Å². The molecule has 0 saturated heterocycles. The number of hydrogen-bond acceptors (Lipinski definition) is 6. The average molecular weight is 283 g/mol. The number of nitrogens with zero attached hydrogens (tertiary/aromatic N) is 2. The van der Waals surface area contributed by atoms with Crippen LogP contribution in [0.3, 0.4) is 0 Å². The molecule has 0 aliphatic rings. The second kappa shape index (κ2) is 5.92. The zero-order valence-electron chi connectivity index (χ0n) is 9.79. The molecule has 0 fully saturated rings. The Bertz CT molecular complexity index is 510. The lowest BCUT2D eigenvalue weighted by atomic mass is 10.2. The second-order valence-corrected chi connectivity index (χ2v) is 5.65. The minimum absolute atomic E-state index is 0.0276. The van der Waals surface area contributed by atoms with E-state index < -0.39 is 5.97 Å². The van der Waals surface area contributed by atoms with E-state index in [0.29, 0.717) is 11.6 Å². The maximum atomic E-state index is 10.5.